The lowest BCUT2D eigenvalue weighted by molar-refractivity contribution is -0.122. The first-order valence-corrected chi connectivity index (χ1v) is 5.61. The summed E-state index contributed by atoms with van der Waals surface area (Å²) in [5, 5.41) is 11.7. The molecule has 0 fully saturated rings. The molecule has 0 aliphatic heterocycles. The summed E-state index contributed by atoms with van der Waals surface area (Å²) in [6, 6.07) is 0. The molecule has 1 unspecified atom stereocenters. The SMILES string of the molecule is CCCCCCCNC(=O)CC(C)O. The summed E-state index contributed by atoms with van der Waals surface area (Å²) in [6.07, 6.45) is 5.69. The highest BCUT2D eigenvalue weighted by molar-refractivity contribution is 5.76. The van der Waals surface area contributed by atoms with Crippen molar-refractivity contribution in [1.29, 1.82) is 0 Å². The second-order valence-corrected chi connectivity index (χ2v) is 3.82. The van der Waals surface area contributed by atoms with Crippen LogP contribution in [0.1, 0.15) is 52.4 Å². The van der Waals surface area contributed by atoms with Gasteiger partial charge in [0.05, 0.1) is 12.5 Å². The van der Waals surface area contributed by atoms with E-state index in [1.165, 1.54) is 25.7 Å². The second kappa shape index (κ2) is 9.00. The van der Waals surface area contributed by atoms with Crippen molar-refractivity contribution in [3.8, 4) is 0 Å². The summed E-state index contributed by atoms with van der Waals surface area (Å²) in [5.41, 5.74) is 0. The number of hydrogen-bond acceptors (Lipinski definition) is 2. The van der Waals surface area contributed by atoms with Crippen molar-refractivity contribution in [2.45, 2.75) is 58.5 Å². The van der Waals surface area contributed by atoms with E-state index in [0.29, 0.717) is 0 Å². The fraction of sp³-hybridized carbons (Fsp3) is 0.909. The molecule has 3 heteroatoms. The third kappa shape index (κ3) is 9.52. The van der Waals surface area contributed by atoms with Crippen molar-refractivity contribution < 1.29 is 9.90 Å². The monoisotopic (exact) mass is 201 g/mol. The van der Waals surface area contributed by atoms with Gasteiger partial charge in [0.25, 0.3) is 0 Å². The Balaban J connectivity index is 3.15. The number of amides is 1. The first kappa shape index (κ1) is 13.4. The van der Waals surface area contributed by atoms with Gasteiger partial charge in [0.2, 0.25) is 5.91 Å². The number of carbonyl (C=O) groups excluding carboxylic acids is 1. The van der Waals surface area contributed by atoms with E-state index in [0.717, 1.165) is 13.0 Å². The van der Waals surface area contributed by atoms with Crippen LogP contribution in [0.2, 0.25) is 0 Å². The minimum Gasteiger partial charge on any atom is -0.393 e. The molecule has 0 heterocycles. The molecule has 0 rings (SSSR count). The predicted octanol–water partition coefficient (Wildman–Crippen LogP) is 1.84. The molecule has 3 nitrogen and oxygen atoms in total. The van der Waals surface area contributed by atoms with Crippen LogP contribution in [0.3, 0.4) is 0 Å². The van der Waals surface area contributed by atoms with Crippen molar-refractivity contribution in [2.24, 2.45) is 0 Å². The van der Waals surface area contributed by atoms with Crippen LogP contribution in [0.15, 0.2) is 0 Å². The van der Waals surface area contributed by atoms with Gasteiger partial charge in [-0.05, 0) is 13.3 Å². The molecule has 1 amide bonds. The molecule has 1 atom stereocenters. The normalized spacial score (nSPS) is 12.5. The maximum Gasteiger partial charge on any atom is 0.222 e. The Morgan fingerprint density at radius 2 is 1.93 bits per heavy atom. The predicted molar refractivity (Wildman–Crippen MR) is 58.1 cm³/mol. The summed E-state index contributed by atoms with van der Waals surface area (Å²) < 4.78 is 0. The molecule has 0 aliphatic rings. The Morgan fingerprint density at radius 3 is 2.50 bits per heavy atom. The molecule has 2 N–H and O–H groups in total. The van der Waals surface area contributed by atoms with Gasteiger partial charge in [0.1, 0.15) is 0 Å². The highest BCUT2D eigenvalue weighted by atomic mass is 16.3. The standard InChI is InChI=1S/C11H23NO2/c1-3-4-5-6-7-8-12-11(14)9-10(2)13/h10,13H,3-9H2,1-2H3,(H,12,14). The average molecular weight is 201 g/mol. The molecule has 84 valence electrons. The van der Waals surface area contributed by atoms with Crippen LogP contribution in [0.4, 0.5) is 0 Å². The molecular formula is C11H23NO2. The van der Waals surface area contributed by atoms with E-state index in [1.807, 2.05) is 0 Å². The number of carbonyl (C=O) groups is 1. The van der Waals surface area contributed by atoms with Crippen molar-refractivity contribution in [3.63, 3.8) is 0 Å². The first-order valence-electron chi connectivity index (χ1n) is 5.61. The molecule has 0 bridgehead atoms. The Morgan fingerprint density at radius 1 is 1.29 bits per heavy atom. The molecule has 0 aromatic carbocycles. The third-order valence-corrected chi connectivity index (χ3v) is 2.08. The zero-order chi connectivity index (χ0) is 10.8. The Kier molecular flexibility index (Phi) is 8.64. The Hall–Kier alpha value is -0.570. The van der Waals surface area contributed by atoms with Gasteiger partial charge in [-0.2, -0.15) is 0 Å². The Labute approximate surface area is 86.9 Å². The van der Waals surface area contributed by atoms with Crippen LogP contribution in [0.5, 0.6) is 0 Å². The van der Waals surface area contributed by atoms with E-state index >= 15 is 0 Å². The van der Waals surface area contributed by atoms with E-state index in [2.05, 4.69) is 12.2 Å². The summed E-state index contributed by atoms with van der Waals surface area (Å²) in [6.45, 7) is 4.56. The highest BCUT2D eigenvalue weighted by Crippen LogP contribution is 2.01. The smallest absolute Gasteiger partial charge is 0.222 e. The zero-order valence-electron chi connectivity index (χ0n) is 9.38. The molecule has 0 saturated carbocycles. The minimum atomic E-state index is -0.532. The third-order valence-electron chi connectivity index (χ3n) is 2.08. The van der Waals surface area contributed by atoms with Gasteiger partial charge < -0.3 is 10.4 Å². The summed E-state index contributed by atoms with van der Waals surface area (Å²) in [7, 11) is 0. The number of hydrogen-bond donors (Lipinski definition) is 2. The molecule has 0 aromatic heterocycles. The van der Waals surface area contributed by atoms with Crippen LogP contribution in [0.25, 0.3) is 0 Å². The zero-order valence-corrected chi connectivity index (χ0v) is 9.38. The van der Waals surface area contributed by atoms with Crippen LogP contribution in [0, 0.1) is 0 Å². The van der Waals surface area contributed by atoms with Gasteiger partial charge in [0, 0.05) is 6.54 Å². The maximum atomic E-state index is 11.1. The average Bonchev–Trinajstić information content (AvgIpc) is 2.10. The van der Waals surface area contributed by atoms with Crippen LogP contribution in [-0.4, -0.2) is 23.7 Å². The lowest BCUT2D eigenvalue weighted by Gasteiger charge is -2.06. The molecule has 0 aliphatic carbocycles. The van der Waals surface area contributed by atoms with Gasteiger partial charge in [-0.25, -0.2) is 0 Å². The number of unbranched alkanes of at least 4 members (excludes halogenated alkanes) is 4. The molecule has 0 saturated heterocycles. The van der Waals surface area contributed by atoms with E-state index in [1.54, 1.807) is 6.92 Å². The van der Waals surface area contributed by atoms with Gasteiger partial charge in [-0.15, -0.1) is 0 Å². The molecule has 0 aromatic rings. The second-order valence-electron chi connectivity index (χ2n) is 3.82. The quantitative estimate of drug-likeness (QED) is 0.589. The molecular weight excluding hydrogens is 178 g/mol. The van der Waals surface area contributed by atoms with Crippen molar-refractivity contribution in [2.75, 3.05) is 6.54 Å². The van der Waals surface area contributed by atoms with E-state index in [-0.39, 0.29) is 12.3 Å². The van der Waals surface area contributed by atoms with Crippen molar-refractivity contribution >= 4 is 5.91 Å². The van der Waals surface area contributed by atoms with Gasteiger partial charge in [-0.1, -0.05) is 32.6 Å². The van der Waals surface area contributed by atoms with E-state index < -0.39 is 6.10 Å². The summed E-state index contributed by atoms with van der Waals surface area (Å²) in [4.78, 5) is 11.1. The summed E-state index contributed by atoms with van der Waals surface area (Å²) >= 11 is 0. The van der Waals surface area contributed by atoms with E-state index in [9.17, 15) is 4.79 Å². The molecule has 0 spiro atoms. The van der Waals surface area contributed by atoms with Crippen molar-refractivity contribution in [3.05, 3.63) is 0 Å². The number of aliphatic hydroxyl groups excluding tert-OH is 1. The number of nitrogens with one attached hydrogen (secondary N) is 1. The largest absolute Gasteiger partial charge is 0.393 e. The van der Waals surface area contributed by atoms with Crippen molar-refractivity contribution in [1.82, 2.24) is 5.32 Å². The van der Waals surface area contributed by atoms with Crippen LogP contribution in [-0.2, 0) is 4.79 Å². The van der Waals surface area contributed by atoms with Crippen LogP contribution < -0.4 is 5.32 Å². The topological polar surface area (TPSA) is 49.3 Å². The molecule has 0 radical (unpaired) electrons. The first-order chi connectivity index (χ1) is 6.66. The fourth-order valence-electron chi connectivity index (χ4n) is 1.30. The lowest BCUT2D eigenvalue weighted by atomic mass is 10.1. The Bertz CT molecular complexity index is 146. The molecule has 14 heavy (non-hydrogen) atoms. The number of rotatable bonds is 8. The fourth-order valence-corrected chi connectivity index (χ4v) is 1.30. The van der Waals surface area contributed by atoms with Crippen LogP contribution >= 0.6 is 0 Å². The minimum absolute atomic E-state index is 0.0458. The van der Waals surface area contributed by atoms with Gasteiger partial charge >= 0.3 is 0 Å². The van der Waals surface area contributed by atoms with E-state index in [4.69, 9.17) is 5.11 Å². The maximum absolute atomic E-state index is 11.1. The number of aliphatic hydroxyl groups is 1. The summed E-state index contributed by atoms with van der Waals surface area (Å²) in [5.74, 6) is -0.0458. The lowest BCUT2D eigenvalue weighted by Crippen LogP contribution is -2.27. The highest BCUT2D eigenvalue weighted by Gasteiger charge is 2.03. The van der Waals surface area contributed by atoms with Gasteiger partial charge in [-0.3, -0.25) is 4.79 Å². The van der Waals surface area contributed by atoms with Gasteiger partial charge in [0.15, 0.2) is 0 Å².